The number of nitrogens with zero attached hydrogens (tertiary/aromatic N) is 2. The second kappa shape index (κ2) is 10.4. The van der Waals surface area contributed by atoms with Crippen LogP contribution in [-0.2, 0) is 21.4 Å². The lowest BCUT2D eigenvalue weighted by atomic mass is 10.1. The van der Waals surface area contributed by atoms with E-state index in [0.717, 1.165) is 11.1 Å². The third-order valence-corrected chi connectivity index (χ3v) is 7.17. The molecule has 0 aliphatic heterocycles. The van der Waals surface area contributed by atoms with Crippen molar-refractivity contribution in [2.75, 3.05) is 32.1 Å². The molecule has 0 bridgehead atoms. The molecular formula is C25H28N2O5S. The molecule has 0 heterocycles. The molecule has 3 rings (SSSR count). The highest BCUT2D eigenvalue weighted by Gasteiger charge is 2.21. The topological polar surface area (TPSA) is 76.1 Å². The molecule has 174 valence electrons. The van der Waals surface area contributed by atoms with Crippen LogP contribution in [0.15, 0.2) is 77.7 Å². The molecule has 0 aromatic heterocycles. The number of carbonyl (C=O) groups excluding carboxylic acids is 1. The predicted octanol–water partition coefficient (Wildman–Crippen LogP) is 3.87. The van der Waals surface area contributed by atoms with E-state index in [1.165, 1.54) is 30.6 Å². The molecule has 0 aliphatic carbocycles. The molecule has 3 aromatic carbocycles. The Balaban J connectivity index is 1.60. The van der Waals surface area contributed by atoms with Gasteiger partial charge in [-0.15, -0.1) is 0 Å². The summed E-state index contributed by atoms with van der Waals surface area (Å²) in [5, 5.41) is 0. The fraction of sp³-hybridized carbons (Fsp3) is 0.240. The van der Waals surface area contributed by atoms with Crippen molar-refractivity contribution in [3.63, 3.8) is 0 Å². The Hall–Kier alpha value is -3.52. The third-order valence-electron chi connectivity index (χ3n) is 5.37. The van der Waals surface area contributed by atoms with Gasteiger partial charge in [0.05, 0.1) is 17.7 Å². The van der Waals surface area contributed by atoms with Gasteiger partial charge in [-0.25, -0.2) is 8.42 Å². The molecule has 0 fully saturated rings. The molecule has 0 aliphatic rings. The number of benzene rings is 3. The zero-order valence-corrected chi connectivity index (χ0v) is 20.0. The highest BCUT2D eigenvalue weighted by molar-refractivity contribution is 7.92. The summed E-state index contributed by atoms with van der Waals surface area (Å²) < 4.78 is 37.7. The minimum atomic E-state index is -3.72. The van der Waals surface area contributed by atoms with Crippen molar-refractivity contribution in [3.05, 3.63) is 83.9 Å². The van der Waals surface area contributed by atoms with Crippen molar-refractivity contribution < 1.29 is 22.7 Å². The lowest BCUT2D eigenvalue weighted by Crippen LogP contribution is -2.31. The van der Waals surface area contributed by atoms with E-state index in [4.69, 9.17) is 9.47 Å². The summed E-state index contributed by atoms with van der Waals surface area (Å²) in [6.45, 7) is 2.40. The predicted molar refractivity (Wildman–Crippen MR) is 128 cm³/mol. The lowest BCUT2D eigenvalue weighted by molar-refractivity contribution is -0.132. The van der Waals surface area contributed by atoms with E-state index in [-0.39, 0.29) is 17.4 Å². The number of rotatable bonds is 9. The van der Waals surface area contributed by atoms with Gasteiger partial charge in [0, 0.05) is 20.6 Å². The van der Waals surface area contributed by atoms with E-state index in [1.54, 1.807) is 48.3 Å². The van der Waals surface area contributed by atoms with E-state index in [9.17, 15) is 13.2 Å². The van der Waals surface area contributed by atoms with E-state index in [2.05, 4.69) is 0 Å². The first-order valence-electron chi connectivity index (χ1n) is 10.4. The van der Waals surface area contributed by atoms with Gasteiger partial charge in [0.1, 0.15) is 11.5 Å². The smallest absolute Gasteiger partial charge is 0.264 e. The van der Waals surface area contributed by atoms with Gasteiger partial charge in [-0.3, -0.25) is 9.10 Å². The van der Waals surface area contributed by atoms with E-state index in [1.807, 2.05) is 31.2 Å². The van der Waals surface area contributed by atoms with Crippen molar-refractivity contribution in [1.29, 1.82) is 0 Å². The number of amides is 1. The first-order valence-corrected chi connectivity index (χ1v) is 11.8. The maximum Gasteiger partial charge on any atom is 0.264 e. The average Bonchev–Trinajstić information content (AvgIpc) is 2.83. The Kier molecular flexibility index (Phi) is 7.60. The summed E-state index contributed by atoms with van der Waals surface area (Å²) in [5.74, 6) is 0.908. The maximum absolute atomic E-state index is 12.9. The normalized spacial score (nSPS) is 11.0. The summed E-state index contributed by atoms with van der Waals surface area (Å²) in [5.41, 5.74) is 2.68. The van der Waals surface area contributed by atoms with Crippen LogP contribution in [0.3, 0.4) is 0 Å². The summed E-state index contributed by atoms with van der Waals surface area (Å²) in [4.78, 5) is 14.2. The van der Waals surface area contributed by atoms with Crippen LogP contribution in [0.1, 0.15) is 11.1 Å². The van der Waals surface area contributed by atoms with Gasteiger partial charge in [0.15, 0.2) is 6.61 Å². The Morgan fingerprint density at radius 3 is 2.09 bits per heavy atom. The molecule has 0 saturated carbocycles. The van der Waals surface area contributed by atoms with Gasteiger partial charge in [-0.1, -0.05) is 24.3 Å². The van der Waals surface area contributed by atoms with Gasteiger partial charge in [0.25, 0.3) is 15.9 Å². The van der Waals surface area contributed by atoms with Crippen molar-refractivity contribution in [3.8, 4) is 11.5 Å². The summed E-state index contributed by atoms with van der Waals surface area (Å²) in [6.07, 6.45) is 0. The molecule has 8 heteroatoms. The zero-order chi connectivity index (χ0) is 24.0. The molecule has 0 radical (unpaired) electrons. The monoisotopic (exact) mass is 468 g/mol. The standard InChI is InChI=1S/C25H28N2O5S/c1-19-7-5-6-8-20(19)17-26(2)25(28)18-32-23-11-9-21(10-12-23)27(3)33(29,30)24-15-13-22(31-4)14-16-24/h5-16H,17-18H2,1-4H3. The number of aryl methyl sites for hydroxylation is 1. The Morgan fingerprint density at radius 1 is 0.879 bits per heavy atom. The number of hydrogen-bond donors (Lipinski definition) is 0. The minimum Gasteiger partial charge on any atom is -0.497 e. The molecular weight excluding hydrogens is 440 g/mol. The number of ether oxygens (including phenoxy) is 2. The van der Waals surface area contributed by atoms with Crippen LogP contribution in [-0.4, -0.2) is 47.0 Å². The highest BCUT2D eigenvalue weighted by atomic mass is 32.2. The van der Waals surface area contributed by atoms with Crippen LogP contribution in [0.2, 0.25) is 0 Å². The molecule has 0 N–H and O–H groups in total. The average molecular weight is 469 g/mol. The first-order chi connectivity index (χ1) is 15.7. The van der Waals surface area contributed by atoms with Gasteiger partial charge in [-0.2, -0.15) is 0 Å². The maximum atomic E-state index is 12.9. The van der Waals surface area contributed by atoms with Crippen LogP contribution in [0.4, 0.5) is 5.69 Å². The number of likely N-dealkylation sites (N-methyl/N-ethyl adjacent to an activating group) is 1. The van der Waals surface area contributed by atoms with Crippen LogP contribution < -0.4 is 13.8 Å². The third kappa shape index (κ3) is 5.84. The number of sulfonamides is 1. The Bertz CT molecular complexity index is 1190. The second-order valence-corrected chi connectivity index (χ2v) is 9.58. The quantitative estimate of drug-likeness (QED) is 0.477. The van der Waals surface area contributed by atoms with Crippen molar-refractivity contribution in [1.82, 2.24) is 4.90 Å². The molecule has 7 nitrogen and oxygen atoms in total. The van der Waals surface area contributed by atoms with Crippen molar-refractivity contribution in [2.24, 2.45) is 0 Å². The molecule has 1 amide bonds. The number of hydrogen-bond acceptors (Lipinski definition) is 5. The van der Waals surface area contributed by atoms with Crippen LogP contribution >= 0.6 is 0 Å². The van der Waals surface area contributed by atoms with E-state index < -0.39 is 10.0 Å². The van der Waals surface area contributed by atoms with Gasteiger partial charge >= 0.3 is 0 Å². The second-order valence-electron chi connectivity index (χ2n) is 7.61. The number of anilines is 1. The largest absolute Gasteiger partial charge is 0.497 e. The Morgan fingerprint density at radius 2 is 1.48 bits per heavy atom. The Labute approximate surface area is 195 Å². The minimum absolute atomic E-state index is 0.109. The SMILES string of the molecule is COc1ccc(S(=O)(=O)N(C)c2ccc(OCC(=O)N(C)Cc3ccccc3C)cc2)cc1. The van der Waals surface area contributed by atoms with Crippen molar-refractivity contribution in [2.45, 2.75) is 18.4 Å². The molecule has 0 atom stereocenters. The lowest BCUT2D eigenvalue weighted by Gasteiger charge is -2.20. The number of methoxy groups -OCH3 is 1. The fourth-order valence-corrected chi connectivity index (χ4v) is 4.38. The van der Waals surface area contributed by atoms with E-state index in [0.29, 0.717) is 23.7 Å². The van der Waals surface area contributed by atoms with Crippen LogP contribution in [0.25, 0.3) is 0 Å². The van der Waals surface area contributed by atoms with Gasteiger partial charge in [0.2, 0.25) is 0 Å². The first kappa shape index (κ1) is 24.1. The van der Waals surface area contributed by atoms with E-state index >= 15 is 0 Å². The molecule has 0 spiro atoms. The fourth-order valence-electron chi connectivity index (χ4n) is 3.18. The molecule has 3 aromatic rings. The van der Waals surface area contributed by atoms with Crippen LogP contribution in [0, 0.1) is 6.92 Å². The number of carbonyl (C=O) groups is 1. The summed E-state index contributed by atoms with van der Waals surface area (Å²) in [6, 6.07) is 20.7. The van der Waals surface area contributed by atoms with Crippen molar-refractivity contribution >= 4 is 21.6 Å². The molecule has 33 heavy (non-hydrogen) atoms. The zero-order valence-electron chi connectivity index (χ0n) is 19.2. The summed E-state index contributed by atoms with van der Waals surface area (Å²) >= 11 is 0. The molecule has 0 unspecified atom stereocenters. The summed E-state index contributed by atoms with van der Waals surface area (Å²) in [7, 11) is 1.02. The molecule has 0 saturated heterocycles. The highest BCUT2D eigenvalue weighted by Crippen LogP contribution is 2.25. The van der Waals surface area contributed by atoms with Gasteiger partial charge in [-0.05, 0) is 66.6 Å². The van der Waals surface area contributed by atoms with Gasteiger partial charge < -0.3 is 14.4 Å². The van der Waals surface area contributed by atoms with Crippen LogP contribution in [0.5, 0.6) is 11.5 Å².